The van der Waals surface area contributed by atoms with Gasteiger partial charge in [-0.05, 0) is 50.0 Å². The Labute approximate surface area is 136 Å². The molecule has 3 heterocycles. The number of pyridine rings is 1. The molecule has 0 aromatic carbocycles. The van der Waals surface area contributed by atoms with Gasteiger partial charge in [-0.2, -0.15) is 5.10 Å². The number of hydrogen-bond acceptors (Lipinski definition) is 4. The van der Waals surface area contributed by atoms with Gasteiger partial charge in [-0.1, -0.05) is 6.92 Å². The highest BCUT2D eigenvalue weighted by molar-refractivity contribution is 5.93. The number of rotatable bonds is 6. The fourth-order valence-corrected chi connectivity index (χ4v) is 2.90. The Morgan fingerprint density at radius 3 is 2.83 bits per heavy atom. The SMILES string of the molecule is C[C@@H](CNC(=O)c1ccc(-n2cccn2)nc1)CN1CCCC1. The number of aromatic nitrogens is 3. The smallest absolute Gasteiger partial charge is 0.252 e. The first-order valence-corrected chi connectivity index (χ1v) is 8.19. The van der Waals surface area contributed by atoms with E-state index in [4.69, 9.17) is 0 Å². The summed E-state index contributed by atoms with van der Waals surface area (Å²) < 4.78 is 1.67. The molecule has 1 aliphatic heterocycles. The second-order valence-electron chi connectivity index (χ2n) is 6.18. The Morgan fingerprint density at radius 1 is 1.35 bits per heavy atom. The van der Waals surface area contributed by atoms with Crippen molar-refractivity contribution in [3.8, 4) is 5.82 Å². The lowest BCUT2D eigenvalue weighted by Crippen LogP contribution is -2.34. The van der Waals surface area contributed by atoms with Crippen LogP contribution in [0.1, 0.15) is 30.1 Å². The third kappa shape index (κ3) is 4.16. The lowest BCUT2D eigenvalue weighted by Gasteiger charge is -2.20. The van der Waals surface area contributed by atoms with Gasteiger partial charge < -0.3 is 10.2 Å². The lowest BCUT2D eigenvalue weighted by atomic mass is 10.1. The van der Waals surface area contributed by atoms with E-state index in [9.17, 15) is 4.79 Å². The second kappa shape index (κ2) is 7.37. The molecule has 6 nitrogen and oxygen atoms in total. The molecule has 2 aromatic rings. The maximum Gasteiger partial charge on any atom is 0.252 e. The summed E-state index contributed by atoms with van der Waals surface area (Å²) in [6, 6.07) is 5.42. The number of carbonyl (C=O) groups is 1. The summed E-state index contributed by atoms with van der Waals surface area (Å²) in [4.78, 5) is 19.0. The zero-order chi connectivity index (χ0) is 16.1. The van der Waals surface area contributed by atoms with E-state index < -0.39 is 0 Å². The molecule has 1 saturated heterocycles. The van der Waals surface area contributed by atoms with Crippen LogP contribution >= 0.6 is 0 Å². The molecule has 1 atom stereocenters. The number of amides is 1. The standard InChI is InChI=1S/C17H23N5O/c1-14(13-21-8-2-3-9-21)11-19-17(23)15-5-6-16(18-12-15)22-10-4-7-20-22/h4-7,10,12,14H,2-3,8-9,11,13H2,1H3,(H,19,23)/t14-/m0/s1. The summed E-state index contributed by atoms with van der Waals surface area (Å²) in [6.07, 6.45) is 7.71. The average Bonchev–Trinajstić information content (AvgIpc) is 3.26. The zero-order valence-corrected chi connectivity index (χ0v) is 13.5. The van der Waals surface area contributed by atoms with Gasteiger partial charge in [-0.15, -0.1) is 0 Å². The maximum absolute atomic E-state index is 12.2. The Hall–Kier alpha value is -2.21. The van der Waals surface area contributed by atoms with Crippen molar-refractivity contribution in [3.63, 3.8) is 0 Å². The first-order chi connectivity index (χ1) is 11.2. The quantitative estimate of drug-likeness (QED) is 0.882. The van der Waals surface area contributed by atoms with Crippen LogP contribution in [0.2, 0.25) is 0 Å². The van der Waals surface area contributed by atoms with Gasteiger partial charge >= 0.3 is 0 Å². The van der Waals surface area contributed by atoms with E-state index in [-0.39, 0.29) is 5.91 Å². The summed E-state index contributed by atoms with van der Waals surface area (Å²) in [5.74, 6) is 1.08. The topological polar surface area (TPSA) is 63.1 Å². The van der Waals surface area contributed by atoms with E-state index in [1.54, 1.807) is 29.2 Å². The van der Waals surface area contributed by atoms with Crippen molar-refractivity contribution in [1.82, 2.24) is 25.0 Å². The van der Waals surface area contributed by atoms with Crippen molar-refractivity contribution in [3.05, 3.63) is 42.4 Å². The molecule has 1 N–H and O–H groups in total. The van der Waals surface area contributed by atoms with Crippen molar-refractivity contribution in [1.29, 1.82) is 0 Å². The summed E-state index contributed by atoms with van der Waals surface area (Å²) in [7, 11) is 0. The number of nitrogens with one attached hydrogen (secondary N) is 1. The van der Waals surface area contributed by atoms with E-state index in [0.29, 0.717) is 23.8 Å². The fraction of sp³-hybridized carbons (Fsp3) is 0.471. The van der Waals surface area contributed by atoms with Crippen LogP contribution in [0.15, 0.2) is 36.8 Å². The number of hydrogen-bond donors (Lipinski definition) is 1. The van der Waals surface area contributed by atoms with Crippen LogP contribution in [0.5, 0.6) is 0 Å². The molecule has 1 amide bonds. The molecule has 2 aromatic heterocycles. The Kier molecular flexibility index (Phi) is 5.02. The van der Waals surface area contributed by atoms with Gasteiger partial charge in [0.05, 0.1) is 5.56 Å². The molecule has 23 heavy (non-hydrogen) atoms. The minimum absolute atomic E-state index is 0.0715. The van der Waals surface area contributed by atoms with E-state index >= 15 is 0 Å². The molecule has 0 saturated carbocycles. The fourth-order valence-electron chi connectivity index (χ4n) is 2.90. The first kappa shape index (κ1) is 15.7. The van der Waals surface area contributed by atoms with Gasteiger partial charge in [0.25, 0.3) is 5.91 Å². The highest BCUT2D eigenvalue weighted by atomic mass is 16.1. The zero-order valence-electron chi connectivity index (χ0n) is 13.5. The van der Waals surface area contributed by atoms with Crippen LogP contribution in [0.25, 0.3) is 5.82 Å². The van der Waals surface area contributed by atoms with E-state index in [1.807, 2.05) is 12.3 Å². The van der Waals surface area contributed by atoms with E-state index in [0.717, 1.165) is 6.54 Å². The normalized spacial score (nSPS) is 16.4. The molecule has 1 aliphatic rings. The summed E-state index contributed by atoms with van der Waals surface area (Å²) in [6.45, 7) is 6.30. The molecule has 6 heteroatoms. The molecule has 1 fully saturated rings. The van der Waals surface area contributed by atoms with Gasteiger partial charge in [-0.3, -0.25) is 4.79 Å². The number of likely N-dealkylation sites (tertiary alicyclic amines) is 1. The monoisotopic (exact) mass is 313 g/mol. The van der Waals surface area contributed by atoms with E-state index in [2.05, 4.69) is 27.2 Å². The third-order valence-electron chi connectivity index (χ3n) is 4.13. The molecule has 3 rings (SSSR count). The largest absolute Gasteiger partial charge is 0.352 e. The minimum atomic E-state index is -0.0715. The lowest BCUT2D eigenvalue weighted by molar-refractivity contribution is 0.0944. The minimum Gasteiger partial charge on any atom is -0.352 e. The second-order valence-corrected chi connectivity index (χ2v) is 6.18. The maximum atomic E-state index is 12.2. The molecule has 122 valence electrons. The van der Waals surface area contributed by atoms with Crippen LogP contribution in [0, 0.1) is 5.92 Å². The summed E-state index contributed by atoms with van der Waals surface area (Å²) in [5.41, 5.74) is 0.578. The van der Waals surface area contributed by atoms with Crippen molar-refractivity contribution < 1.29 is 4.79 Å². The van der Waals surface area contributed by atoms with Crippen LogP contribution in [-0.4, -0.2) is 51.8 Å². The Balaban J connectivity index is 1.49. The first-order valence-electron chi connectivity index (χ1n) is 8.19. The third-order valence-corrected chi connectivity index (χ3v) is 4.13. The van der Waals surface area contributed by atoms with Crippen molar-refractivity contribution in [2.75, 3.05) is 26.2 Å². The van der Waals surface area contributed by atoms with E-state index in [1.165, 1.54) is 25.9 Å². The molecular formula is C17H23N5O. The average molecular weight is 313 g/mol. The number of carbonyl (C=O) groups excluding carboxylic acids is 1. The van der Waals surface area contributed by atoms with Gasteiger partial charge in [-0.25, -0.2) is 9.67 Å². The molecular weight excluding hydrogens is 290 g/mol. The Bertz CT molecular complexity index is 617. The Morgan fingerprint density at radius 2 is 2.17 bits per heavy atom. The molecule has 0 aliphatic carbocycles. The highest BCUT2D eigenvalue weighted by Crippen LogP contribution is 2.10. The van der Waals surface area contributed by atoms with Crippen LogP contribution in [-0.2, 0) is 0 Å². The van der Waals surface area contributed by atoms with Gasteiger partial charge in [0, 0.05) is 31.7 Å². The summed E-state index contributed by atoms with van der Waals surface area (Å²) in [5, 5.41) is 7.12. The molecule has 0 bridgehead atoms. The molecule has 0 radical (unpaired) electrons. The van der Waals surface area contributed by atoms with Crippen LogP contribution in [0.3, 0.4) is 0 Å². The van der Waals surface area contributed by atoms with Gasteiger partial charge in [0.2, 0.25) is 0 Å². The molecule has 0 spiro atoms. The predicted octanol–water partition coefficient (Wildman–Crippen LogP) is 1.73. The van der Waals surface area contributed by atoms with Crippen molar-refractivity contribution in [2.24, 2.45) is 5.92 Å². The van der Waals surface area contributed by atoms with Gasteiger partial charge in [0.15, 0.2) is 5.82 Å². The predicted molar refractivity (Wildman–Crippen MR) is 88.5 cm³/mol. The summed E-state index contributed by atoms with van der Waals surface area (Å²) >= 11 is 0. The van der Waals surface area contributed by atoms with Gasteiger partial charge in [0.1, 0.15) is 0 Å². The van der Waals surface area contributed by atoms with Crippen molar-refractivity contribution in [2.45, 2.75) is 19.8 Å². The highest BCUT2D eigenvalue weighted by Gasteiger charge is 2.15. The number of nitrogens with zero attached hydrogens (tertiary/aromatic N) is 4. The van der Waals surface area contributed by atoms with Crippen molar-refractivity contribution >= 4 is 5.91 Å². The molecule has 0 unspecified atom stereocenters. The van der Waals surface area contributed by atoms with Crippen LogP contribution < -0.4 is 5.32 Å². The van der Waals surface area contributed by atoms with Crippen LogP contribution in [0.4, 0.5) is 0 Å².